The van der Waals surface area contributed by atoms with E-state index in [1.165, 1.54) is 32.4 Å². The zero-order chi connectivity index (χ0) is 11.7. The van der Waals surface area contributed by atoms with Crippen LogP contribution >= 0.6 is 0 Å². The van der Waals surface area contributed by atoms with Gasteiger partial charge in [0.1, 0.15) is 5.82 Å². The average Bonchev–Trinajstić information content (AvgIpc) is 3.07. The van der Waals surface area contributed by atoms with Crippen LogP contribution in [0, 0.1) is 5.92 Å². The fraction of sp³-hybridized carbons (Fsp3) is 0.615. The normalized spacial score (nSPS) is 25.1. The largest absolute Gasteiger partial charge is 0.399 e. The minimum atomic E-state index is 0.763. The molecule has 1 unspecified atom stereocenters. The second kappa shape index (κ2) is 4.53. The van der Waals surface area contributed by atoms with Gasteiger partial charge >= 0.3 is 0 Å². The van der Waals surface area contributed by atoms with E-state index in [1.807, 2.05) is 12.1 Å². The third-order valence-electron chi connectivity index (χ3n) is 3.74. The first-order valence-electron chi connectivity index (χ1n) is 6.51. The molecule has 3 rings (SSSR count). The fourth-order valence-corrected chi connectivity index (χ4v) is 2.59. The molecule has 2 fully saturated rings. The summed E-state index contributed by atoms with van der Waals surface area (Å²) in [5.74, 6) is 1.66. The van der Waals surface area contributed by atoms with Gasteiger partial charge in [0, 0.05) is 37.1 Å². The Morgan fingerprint density at radius 3 is 3.06 bits per heavy atom. The fourth-order valence-electron chi connectivity index (χ4n) is 2.59. The average molecular weight is 232 g/mol. The lowest BCUT2D eigenvalue weighted by molar-refractivity contribution is 0.316. The first kappa shape index (κ1) is 10.8. The third kappa shape index (κ3) is 2.69. The highest BCUT2D eigenvalue weighted by Crippen LogP contribution is 2.31. The summed E-state index contributed by atoms with van der Waals surface area (Å²) in [5.41, 5.74) is 6.50. The number of nitrogens with one attached hydrogen (secondary N) is 1. The predicted molar refractivity (Wildman–Crippen MR) is 69.8 cm³/mol. The third-order valence-corrected chi connectivity index (χ3v) is 3.74. The molecule has 17 heavy (non-hydrogen) atoms. The first-order valence-corrected chi connectivity index (χ1v) is 6.51. The van der Waals surface area contributed by atoms with Crippen LogP contribution in [0.1, 0.15) is 19.3 Å². The van der Waals surface area contributed by atoms with E-state index in [4.69, 9.17) is 5.73 Å². The monoisotopic (exact) mass is 232 g/mol. The topological polar surface area (TPSA) is 54.2 Å². The molecule has 1 atom stereocenters. The second-order valence-corrected chi connectivity index (χ2v) is 5.24. The molecule has 1 saturated heterocycles. The smallest absolute Gasteiger partial charge is 0.127 e. The molecule has 1 saturated carbocycles. The molecular formula is C13H20N4. The minimum absolute atomic E-state index is 0.763. The van der Waals surface area contributed by atoms with Crippen molar-refractivity contribution in [2.75, 3.05) is 30.7 Å². The van der Waals surface area contributed by atoms with E-state index in [0.29, 0.717) is 0 Å². The Balaban J connectivity index is 1.48. The SMILES string of the molecule is Nc1ccnc(NCC2CCN(C3CC3)C2)c1. The van der Waals surface area contributed by atoms with Crippen molar-refractivity contribution in [3.63, 3.8) is 0 Å². The molecular weight excluding hydrogens is 212 g/mol. The second-order valence-electron chi connectivity index (χ2n) is 5.24. The Kier molecular flexibility index (Phi) is 2.89. The maximum atomic E-state index is 5.72. The van der Waals surface area contributed by atoms with Gasteiger partial charge in [-0.05, 0) is 37.8 Å². The standard InChI is InChI=1S/C13H20N4/c14-11-3-5-15-13(7-11)16-8-10-4-6-17(9-10)12-1-2-12/h3,5,7,10,12H,1-2,4,6,8-9H2,(H3,14,15,16). The quantitative estimate of drug-likeness (QED) is 0.827. The van der Waals surface area contributed by atoms with Crippen LogP contribution in [0.25, 0.3) is 0 Å². The number of aromatic nitrogens is 1. The molecule has 2 heterocycles. The maximum Gasteiger partial charge on any atom is 0.127 e. The zero-order valence-corrected chi connectivity index (χ0v) is 10.1. The van der Waals surface area contributed by atoms with E-state index in [9.17, 15) is 0 Å². The van der Waals surface area contributed by atoms with Gasteiger partial charge in [0.2, 0.25) is 0 Å². The van der Waals surface area contributed by atoms with Crippen LogP contribution in [0.2, 0.25) is 0 Å². The lowest BCUT2D eigenvalue weighted by Gasteiger charge is -2.15. The van der Waals surface area contributed by atoms with Crippen molar-refractivity contribution in [3.8, 4) is 0 Å². The highest BCUT2D eigenvalue weighted by Gasteiger charge is 2.34. The van der Waals surface area contributed by atoms with Gasteiger partial charge in [-0.3, -0.25) is 0 Å². The summed E-state index contributed by atoms with van der Waals surface area (Å²) < 4.78 is 0. The molecule has 92 valence electrons. The number of nitrogen functional groups attached to an aromatic ring is 1. The van der Waals surface area contributed by atoms with Crippen LogP contribution in [-0.4, -0.2) is 35.6 Å². The number of nitrogens with two attached hydrogens (primary N) is 1. The molecule has 4 nitrogen and oxygen atoms in total. The summed E-state index contributed by atoms with van der Waals surface area (Å²) >= 11 is 0. The molecule has 0 aromatic carbocycles. The van der Waals surface area contributed by atoms with E-state index >= 15 is 0 Å². The molecule has 0 radical (unpaired) electrons. The summed E-state index contributed by atoms with van der Waals surface area (Å²) in [6.45, 7) is 3.54. The number of anilines is 2. The van der Waals surface area contributed by atoms with Crippen LogP contribution in [0.15, 0.2) is 18.3 Å². The molecule has 0 bridgehead atoms. The summed E-state index contributed by atoms with van der Waals surface area (Å²) in [4.78, 5) is 6.90. The van der Waals surface area contributed by atoms with Gasteiger partial charge in [0.15, 0.2) is 0 Å². The van der Waals surface area contributed by atoms with Gasteiger partial charge < -0.3 is 16.0 Å². The molecule has 2 aliphatic rings. The number of nitrogens with zero attached hydrogens (tertiary/aromatic N) is 2. The Morgan fingerprint density at radius 1 is 1.41 bits per heavy atom. The predicted octanol–water partition coefficient (Wildman–Crippen LogP) is 1.56. The molecule has 1 aliphatic carbocycles. The summed E-state index contributed by atoms with van der Waals surface area (Å²) in [6.07, 6.45) is 5.89. The van der Waals surface area contributed by atoms with Crippen LogP contribution in [0.4, 0.5) is 11.5 Å². The molecule has 3 N–H and O–H groups in total. The maximum absolute atomic E-state index is 5.72. The highest BCUT2D eigenvalue weighted by atomic mass is 15.2. The first-order chi connectivity index (χ1) is 8.31. The van der Waals surface area contributed by atoms with Crippen LogP contribution in [0.5, 0.6) is 0 Å². The van der Waals surface area contributed by atoms with Crippen molar-refractivity contribution in [2.24, 2.45) is 5.92 Å². The molecule has 0 amide bonds. The van der Waals surface area contributed by atoms with E-state index in [-0.39, 0.29) is 0 Å². The number of hydrogen-bond acceptors (Lipinski definition) is 4. The van der Waals surface area contributed by atoms with Crippen molar-refractivity contribution in [3.05, 3.63) is 18.3 Å². The van der Waals surface area contributed by atoms with Gasteiger partial charge in [0.25, 0.3) is 0 Å². The van der Waals surface area contributed by atoms with Crippen molar-refractivity contribution in [1.29, 1.82) is 0 Å². The van der Waals surface area contributed by atoms with Gasteiger partial charge in [-0.15, -0.1) is 0 Å². The van der Waals surface area contributed by atoms with Crippen LogP contribution in [-0.2, 0) is 0 Å². The summed E-state index contributed by atoms with van der Waals surface area (Å²) in [5, 5.41) is 3.39. The zero-order valence-electron chi connectivity index (χ0n) is 10.1. The number of pyridine rings is 1. The number of hydrogen-bond donors (Lipinski definition) is 2. The Labute approximate surface area is 102 Å². The molecule has 1 aromatic rings. The summed E-state index contributed by atoms with van der Waals surface area (Å²) in [6, 6.07) is 4.62. The van der Waals surface area contributed by atoms with Crippen molar-refractivity contribution in [1.82, 2.24) is 9.88 Å². The van der Waals surface area contributed by atoms with Gasteiger partial charge in [-0.25, -0.2) is 4.98 Å². The Bertz CT molecular complexity index is 389. The van der Waals surface area contributed by atoms with Crippen molar-refractivity contribution >= 4 is 11.5 Å². The van der Waals surface area contributed by atoms with Crippen molar-refractivity contribution in [2.45, 2.75) is 25.3 Å². The number of likely N-dealkylation sites (tertiary alicyclic amines) is 1. The Morgan fingerprint density at radius 2 is 2.29 bits per heavy atom. The van der Waals surface area contributed by atoms with Crippen molar-refractivity contribution < 1.29 is 0 Å². The van der Waals surface area contributed by atoms with Gasteiger partial charge in [0.05, 0.1) is 0 Å². The molecule has 1 aromatic heterocycles. The molecule has 4 heteroatoms. The highest BCUT2D eigenvalue weighted by molar-refractivity contribution is 5.48. The minimum Gasteiger partial charge on any atom is -0.399 e. The van der Waals surface area contributed by atoms with Gasteiger partial charge in [-0.2, -0.15) is 0 Å². The van der Waals surface area contributed by atoms with E-state index in [1.54, 1.807) is 6.20 Å². The van der Waals surface area contributed by atoms with E-state index in [2.05, 4.69) is 15.2 Å². The van der Waals surface area contributed by atoms with E-state index < -0.39 is 0 Å². The van der Waals surface area contributed by atoms with E-state index in [0.717, 1.165) is 30.0 Å². The molecule has 0 spiro atoms. The Hall–Kier alpha value is -1.29. The number of rotatable bonds is 4. The van der Waals surface area contributed by atoms with Gasteiger partial charge in [-0.1, -0.05) is 0 Å². The van der Waals surface area contributed by atoms with Crippen LogP contribution < -0.4 is 11.1 Å². The summed E-state index contributed by atoms with van der Waals surface area (Å²) in [7, 11) is 0. The lowest BCUT2D eigenvalue weighted by atomic mass is 10.1. The molecule has 1 aliphatic heterocycles. The lowest BCUT2D eigenvalue weighted by Crippen LogP contribution is -2.24. The van der Waals surface area contributed by atoms with Crippen LogP contribution in [0.3, 0.4) is 0 Å².